The van der Waals surface area contributed by atoms with Crippen molar-refractivity contribution in [3.05, 3.63) is 0 Å². The average Bonchev–Trinajstić information content (AvgIpc) is 2.71. The summed E-state index contributed by atoms with van der Waals surface area (Å²) < 4.78 is 0. The Kier molecular flexibility index (Phi) is 6.75. The first-order valence-electron chi connectivity index (χ1n) is 5.53. The Morgan fingerprint density at radius 1 is 1.50 bits per heavy atom. The van der Waals surface area contributed by atoms with Crippen molar-refractivity contribution in [2.75, 3.05) is 6.54 Å². The normalized spacial score (nSPS) is 29.0. The Bertz CT molecular complexity index is 161. The molecule has 0 saturated carbocycles. The van der Waals surface area contributed by atoms with Gasteiger partial charge in [0.15, 0.2) is 0 Å². The van der Waals surface area contributed by atoms with Gasteiger partial charge in [0.05, 0.1) is 5.66 Å². The standard InChI is InChI=1S/C9H20N2.C2H4O/c1-4-5-6-7-10-9(3)8(2)11-9;1-2-3/h8,10-11H,4-7H2,1-3H3;2H,1H3. The highest BCUT2D eigenvalue weighted by molar-refractivity contribution is 5.44. The summed E-state index contributed by atoms with van der Waals surface area (Å²) in [5.41, 5.74) is 0.258. The zero-order valence-corrected chi connectivity index (χ0v) is 9.89. The predicted molar refractivity (Wildman–Crippen MR) is 60.3 cm³/mol. The minimum Gasteiger partial charge on any atom is -0.304 e. The molecule has 1 heterocycles. The van der Waals surface area contributed by atoms with Crippen LogP contribution in [0.15, 0.2) is 0 Å². The number of aldehydes is 1. The van der Waals surface area contributed by atoms with Crippen LogP contribution in [0.2, 0.25) is 0 Å². The van der Waals surface area contributed by atoms with Gasteiger partial charge in [0, 0.05) is 6.04 Å². The van der Waals surface area contributed by atoms with Gasteiger partial charge in [-0.1, -0.05) is 19.8 Å². The summed E-state index contributed by atoms with van der Waals surface area (Å²) in [6.45, 7) is 9.28. The van der Waals surface area contributed by atoms with Crippen LogP contribution in [0.1, 0.15) is 47.0 Å². The lowest BCUT2D eigenvalue weighted by molar-refractivity contribution is -0.106. The van der Waals surface area contributed by atoms with Crippen molar-refractivity contribution in [2.45, 2.75) is 58.7 Å². The van der Waals surface area contributed by atoms with Crippen molar-refractivity contribution in [3.8, 4) is 0 Å². The number of nitrogens with one attached hydrogen (secondary N) is 2. The maximum Gasteiger partial charge on any atom is 0.116 e. The average molecular weight is 200 g/mol. The van der Waals surface area contributed by atoms with E-state index in [4.69, 9.17) is 4.79 Å². The molecule has 0 aliphatic carbocycles. The lowest BCUT2D eigenvalue weighted by atomic mass is 10.2. The van der Waals surface area contributed by atoms with Crippen molar-refractivity contribution in [1.29, 1.82) is 0 Å². The summed E-state index contributed by atoms with van der Waals surface area (Å²) in [4.78, 5) is 8.81. The van der Waals surface area contributed by atoms with Gasteiger partial charge in [-0.05, 0) is 33.7 Å². The van der Waals surface area contributed by atoms with Gasteiger partial charge in [0.2, 0.25) is 0 Å². The monoisotopic (exact) mass is 200 g/mol. The molecule has 0 bridgehead atoms. The van der Waals surface area contributed by atoms with E-state index in [0.29, 0.717) is 6.04 Å². The first-order valence-corrected chi connectivity index (χ1v) is 5.53. The fourth-order valence-electron chi connectivity index (χ4n) is 1.34. The van der Waals surface area contributed by atoms with Crippen LogP contribution in [0.25, 0.3) is 0 Å². The SMILES string of the molecule is CC=O.CCCCCNC1(C)NC1C. The minimum atomic E-state index is 0.258. The second kappa shape index (κ2) is 6.96. The van der Waals surface area contributed by atoms with Gasteiger partial charge in [-0.15, -0.1) is 0 Å². The highest BCUT2D eigenvalue weighted by Crippen LogP contribution is 2.21. The zero-order chi connectivity index (χ0) is 11.0. The van der Waals surface area contributed by atoms with Gasteiger partial charge in [0.25, 0.3) is 0 Å². The molecule has 1 aliphatic rings. The fourth-order valence-corrected chi connectivity index (χ4v) is 1.34. The Morgan fingerprint density at radius 3 is 2.36 bits per heavy atom. The third-order valence-electron chi connectivity index (χ3n) is 2.57. The summed E-state index contributed by atoms with van der Waals surface area (Å²) in [7, 11) is 0. The molecule has 1 saturated heterocycles. The van der Waals surface area contributed by atoms with Gasteiger partial charge in [-0.3, -0.25) is 10.6 Å². The Labute approximate surface area is 87.6 Å². The molecule has 0 aromatic carbocycles. The molecule has 0 aromatic heterocycles. The van der Waals surface area contributed by atoms with E-state index in [-0.39, 0.29) is 5.66 Å². The van der Waals surface area contributed by atoms with E-state index < -0.39 is 0 Å². The van der Waals surface area contributed by atoms with Crippen molar-refractivity contribution >= 4 is 6.29 Å². The van der Waals surface area contributed by atoms with Gasteiger partial charge < -0.3 is 4.79 Å². The summed E-state index contributed by atoms with van der Waals surface area (Å²) >= 11 is 0. The van der Waals surface area contributed by atoms with E-state index in [2.05, 4.69) is 31.4 Å². The van der Waals surface area contributed by atoms with Crippen molar-refractivity contribution < 1.29 is 4.79 Å². The summed E-state index contributed by atoms with van der Waals surface area (Å²) in [5.74, 6) is 0. The van der Waals surface area contributed by atoms with Crippen LogP contribution in [-0.4, -0.2) is 24.5 Å². The molecular weight excluding hydrogens is 176 g/mol. The molecule has 2 N–H and O–H groups in total. The molecule has 0 amide bonds. The van der Waals surface area contributed by atoms with Crippen molar-refractivity contribution in [3.63, 3.8) is 0 Å². The van der Waals surface area contributed by atoms with Crippen LogP contribution >= 0.6 is 0 Å². The van der Waals surface area contributed by atoms with E-state index in [0.717, 1.165) is 12.8 Å². The Hall–Kier alpha value is -0.410. The quantitative estimate of drug-likeness (QED) is 0.403. The van der Waals surface area contributed by atoms with Crippen LogP contribution in [0.5, 0.6) is 0 Å². The van der Waals surface area contributed by atoms with Crippen LogP contribution in [0.3, 0.4) is 0 Å². The van der Waals surface area contributed by atoms with E-state index in [1.807, 2.05) is 0 Å². The number of hydrogen-bond acceptors (Lipinski definition) is 3. The molecule has 14 heavy (non-hydrogen) atoms. The van der Waals surface area contributed by atoms with Crippen LogP contribution in [0, 0.1) is 0 Å². The van der Waals surface area contributed by atoms with Gasteiger partial charge >= 0.3 is 0 Å². The second-order valence-corrected chi connectivity index (χ2v) is 3.94. The van der Waals surface area contributed by atoms with Crippen LogP contribution < -0.4 is 10.6 Å². The number of hydrogen-bond donors (Lipinski definition) is 2. The van der Waals surface area contributed by atoms with Crippen LogP contribution in [-0.2, 0) is 4.79 Å². The fraction of sp³-hybridized carbons (Fsp3) is 0.909. The zero-order valence-electron chi connectivity index (χ0n) is 9.89. The topological polar surface area (TPSA) is 51.0 Å². The largest absolute Gasteiger partial charge is 0.304 e. The number of carbonyl (C=O) groups is 1. The Balaban J connectivity index is 0.000000500. The maximum atomic E-state index is 8.81. The van der Waals surface area contributed by atoms with Crippen molar-refractivity contribution in [2.24, 2.45) is 0 Å². The third-order valence-corrected chi connectivity index (χ3v) is 2.57. The van der Waals surface area contributed by atoms with Crippen LogP contribution in [0.4, 0.5) is 0 Å². The third kappa shape index (κ3) is 5.35. The first kappa shape index (κ1) is 13.6. The molecule has 3 heteroatoms. The summed E-state index contributed by atoms with van der Waals surface area (Å²) in [6, 6.07) is 0.657. The minimum absolute atomic E-state index is 0.258. The number of unbranched alkanes of at least 4 members (excludes halogenated alkanes) is 2. The smallest absolute Gasteiger partial charge is 0.116 e. The van der Waals surface area contributed by atoms with E-state index in [1.165, 1.54) is 26.2 Å². The first-order chi connectivity index (χ1) is 6.60. The molecule has 1 rings (SSSR count). The molecule has 0 spiro atoms. The number of rotatable bonds is 5. The Morgan fingerprint density at radius 2 is 2.00 bits per heavy atom. The second-order valence-electron chi connectivity index (χ2n) is 3.94. The van der Waals surface area contributed by atoms with Gasteiger partial charge in [0.1, 0.15) is 6.29 Å². The molecule has 1 fully saturated rings. The summed E-state index contributed by atoms with van der Waals surface area (Å²) in [6.07, 6.45) is 4.71. The predicted octanol–water partition coefficient (Wildman–Crippen LogP) is 1.68. The molecular formula is C11H24N2O. The van der Waals surface area contributed by atoms with E-state index in [1.54, 1.807) is 0 Å². The highest BCUT2D eigenvalue weighted by Gasteiger charge is 2.44. The lowest BCUT2D eigenvalue weighted by Crippen LogP contribution is -2.34. The molecule has 0 aromatic rings. The molecule has 3 nitrogen and oxygen atoms in total. The summed E-state index contributed by atoms with van der Waals surface area (Å²) in [5, 5.41) is 6.88. The lowest BCUT2D eigenvalue weighted by Gasteiger charge is -2.09. The van der Waals surface area contributed by atoms with E-state index >= 15 is 0 Å². The number of carbonyl (C=O) groups excluding carboxylic acids is 1. The van der Waals surface area contributed by atoms with Gasteiger partial charge in [-0.25, -0.2) is 0 Å². The molecule has 1 aliphatic heterocycles. The van der Waals surface area contributed by atoms with Crippen molar-refractivity contribution in [1.82, 2.24) is 10.6 Å². The molecule has 84 valence electrons. The van der Waals surface area contributed by atoms with Gasteiger partial charge in [-0.2, -0.15) is 0 Å². The molecule has 0 radical (unpaired) electrons. The molecule has 2 unspecified atom stereocenters. The maximum absolute atomic E-state index is 8.81. The molecule has 2 atom stereocenters. The van der Waals surface area contributed by atoms with E-state index in [9.17, 15) is 0 Å². The highest BCUT2D eigenvalue weighted by atomic mass is 16.1.